The number of rotatable bonds is 8. The number of carbonyl (C=O) groups excluding carboxylic acids is 2. The molecule has 4 aromatic rings. The van der Waals surface area contributed by atoms with Gasteiger partial charge in [-0.15, -0.1) is 0 Å². The summed E-state index contributed by atoms with van der Waals surface area (Å²) in [5.74, 6) is 0.0483. The number of hydrogen-bond donors (Lipinski definition) is 1. The van der Waals surface area contributed by atoms with Crippen molar-refractivity contribution in [2.75, 3.05) is 18.6 Å². The first-order valence-corrected chi connectivity index (χ1v) is 13.2. The number of hydrogen-bond acceptors (Lipinski definition) is 7. The van der Waals surface area contributed by atoms with Gasteiger partial charge in [0.1, 0.15) is 17.3 Å². The third kappa shape index (κ3) is 4.87. The summed E-state index contributed by atoms with van der Waals surface area (Å²) in [5.41, 5.74) is 1.78. The number of carbonyl (C=O) groups is 2. The van der Waals surface area contributed by atoms with E-state index in [-0.39, 0.29) is 11.3 Å². The molecule has 1 saturated heterocycles. The molecule has 3 aromatic carbocycles. The van der Waals surface area contributed by atoms with Gasteiger partial charge in [-0.05, 0) is 48.2 Å². The number of anilines is 1. The molecule has 1 amide bonds. The normalized spacial score (nSPS) is 16.9. The van der Waals surface area contributed by atoms with Crippen LogP contribution in [0.2, 0.25) is 0 Å². The summed E-state index contributed by atoms with van der Waals surface area (Å²) in [6, 6.07) is 20.6. The van der Waals surface area contributed by atoms with E-state index in [9.17, 15) is 14.7 Å². The quantitative estimate of drug-likeness (QED) is 0.163. The fourth-order valence-electron chi connectivity index (χ4n) is 4.41. The third-order valence-electron chi connectivity index (χ3n) is 6.42. The Kier molecular flexibility index (Phi) is 7.15. The molecule has 8 heteroatoms. The first-order chi connectivity index (χ1) is 18.4. The minimum atomic E-state index is -0.883. The topological polar surface area (TPSA) is 89.0 Å². The van der Waals surface area contributed by atoms with Gasteiger partial charge in [-0.3, -0.25) is 14.5 Å². The lowest BCUT2D eigenvalue weighted by Gasteiger charge is -2.23. The number of benzene rings is 3. The second-order valence-electron chi connectivity index (χ2n) is 9.47. The second-order valence-corrected chi connectivity index (χ2v) is 10.5. The summed E-state index contributed by atoms with van der Waals surface area (Å²) in [5, 5.41) is 11.7. The number of ketones is 1. The van der Waals surface area contributed by atoms with Crippen molar-refractivity contribution in [1.29, 1.82) is 0 Å². The van der Waals surface area contributed by atoms with Crippen LogP contribution in [0.25, 0.3) is 16.0 Å². The lowest BCUT2D eigenvalue weighted by Crippen LogP contribution is -2.29. The van der Waals surface area contributed by atoms with Crippen molar-refractivity contribution in [2.24, 2.45) is 5.92 Å². The van der Waals surface area contributed by atoms with Gasteiger partial charge in [0, 0.05) is 5.56 Å². The minimum Gasteiger partial charge on any atom is -0.507 e. The maximum atomic E-state index is 13.5. The van der Waals surface area contributed by atoms with Gasteiger partial charge in [-0.2, -0.15) is 0 Å². The molecule has 1 aliphatic heterocycles. The Morgan fingerprint density at radius 1 is 1.03 bits per heavy atom. The van der Waals surface area contributed by atoms with E-state index in [1.165, 1.54) is 16.2 Å². The Labute approximate surface area is 225 Å². The number of aliphatic hydroxyl groups is 1. The summed E-state index contributed by atoms with van der Waals surface area (Å²) in [6.07, 6.45) is 0.895. The van der Waals surface area contributed by atoms with Crippen molar-refractivity contribution in [3.8, 4) is 11.5 Å². The molecule has 1 aliphatic rings. The van der Waals surface area contributed by atoms with E-state index in [4.69, 9.17) is 9.47 Å². The van der Waals surface area contributed by atoms with Gasteiger partial charge in [-0.25, -0.2) is 4.98 Å². The minimum absolute atomic E-state index is 0.0115. The molecule has 0 saturated carbocycles. The summed E-state index contributed by atoms with van der Waals surface area (Å²) < 4.78 is 12.1. The highest BCUT2D eigenvalue weighted by Gasteiger charge is 2.48. The molecule has 0 radical (unpaired) electrons. The molecule has 0 spiro atoms. The van der Waals surface area contributed by atoms with E-state index >= 15 is 0 Å². The Morgan fingerprint density at radius 2 is 1.82 bits per heavy atom. The van der Waals surface area contributed by atoms with Crippen LogP contribution in [0.3, 0.4) is 0 Å². The van der Waals surface area contributed by atoms with Gasteiger partial charge in [0.2, 0.25) is 0 Å². The molecule has 194 valence electrons. The van der Waals surface area contributed by atoms with Crippen LogP contribution in [0.5, 0.6) is 11.5 Å². The first kappa shape index (κ1) is 25.5. The van der Waals surface area contributed by atoms with Crippen molar-refractivity contribution in [3.05, 3.63) is 89.5 Å². The van der Waals surface area contributed by atoms with Crippen LogP contribution in [0.1, 0.15) is 37.4 Å². The Bertz CT molecular complexity index is 1530. The molecular formula is C30H28N2O5S. The number of fused-ring (bicyclic) bond motifs is 1. The number of amides is 1. The highest BCUT2D eigenvalue weighted by Crippen LogP contribution is 2.45. The van der Waals surface area contributed by atoms with Gasteiger partial charge in [0.25, 0.3) is 5.78 Å². The van der Waals surface area contributed by atoms with Crippen LogP contribution in [0.15, 0.2) is 78.4 Å². The molecule has 5 rings (SSSR count). The molecule has 0 aliphatic carbocycles. The van der Waals surface area contributed by atoms with E-state index < -0.39 is 17.7 Å². The molecule has 2 heterocycles. The molecular weight excluding hydrogens is 500 g/mol. The lowest BCUT2D eigenvalue weighted by molar-refractivity contribution is -0.132. The predicted octanol–water partition coefficient (Wildman–Crippen LogP) is 6.36. The largest absolute Gasteiger partial charge is 0.507 e. The van der Waals surface area contributed by atoms with Gasteiger partial charge >= 0.3 is 5.91 Å². The average molecular weight is 529 g/mol. The zero-order valence-electron chi connectivity index (χ0n) is 21.4. The van der Waals surface area contributed by atoms with E-state index in [1.54, 1.807) is 37.4 Å². The average Bonchev–Trinajstić information content (AvgIpc) is 3.46. The van der Waals surface area contributed by atoms with Crippen LogP contribution < -0.4 is 14.4 Å². The zero-order valence-corrected chi connectivity index (χ0v) is 22.2. The summed E-state index contributed by atoms with van der Waals surface area (Å²) in [4.78, 5) is 33.0. The van der Waals surface area contributed by atoms with E-state index in [1.807, 2.05) is 42.5 Å². The standard InChI is InChI=1S/C30H28N2O5S/c1-18(2)14-15-37-22-11-7-10-20(16-22)26-25(27(33)19-8-5-4-6-9-19)28(34)29(35)32(26)30-31-23-13-12-21(36-3)17-24(23)38-30/h4-13,16-18,26,33H,14-15H2,1-3H3. The number of ether oxygens (including phenoxy) is 2. The van der Waals surface area contributed by atoms with Gasteiger partial charge < -0.3 is 14.6 Å². The summed E-state index contributed by atoms with van der Waals surface area (Å²) in [6.45, 7) is 4.81. The highest BCUT2D eigenvalue weighted by atomic mass is 32.1. The van der Waals surface area contributed by atoms with Crippen LogP contribution in [0.4, 0.5) is 5.13 Å². The first-order valence-electron chi connectivity index (χ1n) is 12.4. The number of thiazole rings is 1. The highest BCUT2D eigenvalue weighted by molar-refractivity contribution is 7.22. The molecule has 1 fully saturated rings. The van der Waals surface area contributed by atoms with Crippen molar-refractivity contribution >= 4 is 44.1 Å². The SMILES string of the molecule is COc1ccc2nc(N3C(=O)C(=O)C(=C(O)c4ccccc4)C3c3cccc(OCCC(C)C)c3)sc2c1. The maximum absolute atomic E-state index is 13.5. The molecule has 1 atom stereocenters. The van der Waals surface area contributed by atoms with Crippen molar-refractivity contribution < 1.29 is 24.2 Å². The monoisotopic (exact) mass is 528 g/mol. The summed E-state index contributed by atoms with van der Waals surface area (Å²) in [7, 11) is 1.58. The van der Waals surface area contributed by atoms with Crippen molar-refractivity contribution in [1.82, 2.24) is 4.98 Å². The number of aliphatic hydroxyl groups excluding tert-OH is 1. The second kappa shape index (κ2) is 10.7. The number of Topliss-reactive ketones (excluding diaryl/α,β-unsaturated/α-hetero) is 1. The van der Waals surface area contributed by atoms with Crippen LogP contribution >= 0.6 is 11.3 Å². The molecule has 0 bridgehead atoms. The molecule has 1 aromatic heterocycles. The fourth-order valence-corrected chi connectivity index (χ4v) is 5.43. The predicted molar refractivity (Wildman–Crippen MR) is 149 cm³/mol. The third-order valence-corrected chi connectivity index (χ3v) is 7.44. The van der Waals surface area contributed by atoms with E-state index in [2.05, 4.69) is 18.8 Å². The fraction of sp³-hybridized carbons (Fsp3) is 0.233. The molecule has 1 unspecified atom stereocenters. The van der Waals surface area contributed by atoms with Crippen molar-refractivity contribution in [3.63, 3.8) is 0 Å². The van der Waals surface area contributed by atoms with Crippen molar-refractivity contribution in [2.45, 2.75) is 26.3 Å². The maximum Gasteiger partial charge on any atom is 0.301 e. The van der Waals surface area contributed by atoms with Crippen LogP contribution in [-0.2, 0) is 9.59 Å². The lowest BCUT2D eigenvalue weighted by atomic mass is 9.95. The molecule has 1 N–H and O–H groups in total. The zero-order chi connectivity index (χ0) is 26.8. The van der Waals surface area contributed by atoms with Gasteiger partial charge in [0.05, 0.1) is 35.5 Å². The molecule has 38 heavy (non-hydrogen) atoms. The van der Waals surface area contributed by atoms with E-state index in [0.29, 0.717) is 45.8 Å². The smallest absolute Gasteiger partial charge is 0.301 e. The van der Waals surface area contributed by atoms with Crippen LogP contribution in [-0.4, -0.2) is 35.5 Å². The summed E-state index contributed by atoms with van der Waals surface area (Å²) >= 11 is 1.29. The van der Waals surface area contributed by atoms with E-state index in [0.717, 1.165) is 11.1 Å². The van der Waals surface area contributed by atoms with Crippen LogP contribution in [0, 0.1) is 5.92 Å². The Hall–Kier alpha value is -4.17. The Morgan fingerprint density at radius 3 is 2.55 bits per heavy atom. The van der Waals surface area contributed by atoms with Gasteiger partial charge in [0.15, 0.2) is 5.13 Å². The number of methoxy groups -OCH3 is 1. The number of aromatic nitrogens is 1. The Balaban J connectivity index is 1.64. The number of nitrogens with zero attached hydrogens (tertiary/aromatic N) is 2. The molecule has 7 nitrogen and oxygen atoms in total. The van der Waals surface area contributed by atoms with Gasteiger partial charge in [-0.1, -0.05) is 67.6 Å².